The van der Waals surface area contributed by atoms with Crippen LogP contribution < -0.4 is 0 Å². The number of carbonyl (C=O) groups is 2. The lowest BCUT2D eigenvalue weighted by molar-refractivity contribution is -0.158. The monoisotopic (exact) mass is 534 g/mol. The first-order valence-electron chi connectivity index (χ1n) is 15.1. The van der Waals surface area contributed by atoms with Gasteiger partial charge in [-0.1, -0.05) is 51.0 Å². The Kier molecular flexibility index (Phi) is 13.0. The Labute approximate surface area is 228 Å². The lowest BCUT2D eigenvalue weighted by Crippen LogP contribution is -2.29. The highest BCUT2D eigenvalue weighted by molar-refractivity contribution is 5.75. The molecule has 0 N–H and O–H groups in total. The molecular weight excluding hydrogens is 486 g/mol. The molecule has 0 radical (unpaired) electrons. The smallest absolute Gasteiger partial charge is 0.340 e. The zero-order valence-electron chi connectivity index (χ0n) is 23.5. The van der Waals surface area contributed by atoms with Crippen molar-refractivity contribution in [1.29, 1.82) is 0 Å². The van der Waals surface area contributed by atoms with E-state index in [4.69, 9.17) is 9.47 Å². The first kappa shape index (κ1) is 30.6. The summed E-state index contributed by atoms with van der Waals surface area (Å²) in [6, 6.07) is 8.99. The van der Waals surface area contributed by atoms with Gasteiger partial charge in [-0.15, -0.1) is 0 Å². The van der Waals surface area contributed by atoms with Crippen molar-refractivity contribution in [3.63, 3.8) is 0 Å². The standard InChI is InChI=1S/C32H48F2O4/c1-3-5-29(33)31(35)37-27-19-15-25(16-20-27)13-11-23-7-9-24(10-8-23)12-14-26-17-21-28(22-18-26)38-32(36)30(34)6-4-2/h7-10,25-30H,3-6,11-22H2,1-2H3/t25?,26?,27?,28?,29-,30-/m1/s1. The number of ether oxygens (including phenoxy) is 2. The third-order valence-electron chi connectivity index (χ3n) is 8.45. The van der Waals surface area contributed by atoms with Crippen molar-refractivity contribution in [2.45, 2.75) is 141 Å². The van der Waals surface area contributed by atoms with Gasteiger partial charge in [0.25, 0.3) is 0 Å². The minimum Gasteiger partial charge on any atom is -0.460 e. The average Bonchev–Trinajstić information content (AvgIpc) is 2.93. The molecule has 0 unspecified atom stereocenters. The third-order valence-corrected chi connectivity index (χ3v) is 8.45. The highest BCUT2D eigenvalue weighted by Gasteiger charge is 2.28. The molecule has 0 aliphatic heterocycles. The molecule has 2 fully saturated rings. The molecule has 2 aliphatic rings. The van der Waals surface area contributed by atoms with Crippen LogP contribution in [0.4, 0.5) is 8.78 Å². The number of aryl methyl sites for hydroxylation is 2. The Balaban J connectivity index is 1.28. The van der Waals surface area contributed by atoms with Gasteiger partial charge in [-0.25, -0.2) is 18.4 Å². The lowest BCUT2D eigenvalue weighted by atomic mass is 9.83. The highest BCUT2D eigenvalue weighted by Crippen LogP contribution is 2.31. The van der Waals surface area contributed by atoms with Gasteiger partial charge in [0.15, 0.2) is 12.3 Å². The Morgan fingerprint density at radius 2 is 1.03 bits per heavy atom. The maximum atomic E-state index is 13.7. The van der Waals surface area contributed by atoms with Crippen LogP contribution in [0.2, 0.25) is 0 Å². The number of rotatable bonds is 14. The van der Waals surface area contributed by atoms with Crippen LogP contribution in [0.25, 0.3) is 0 Å². The molecule has 38 heavy (non-hydrogen) atoms. The number of hydrogen-bond donors (Lipinski definition) is 0. The second-order valence-corrected chi connectivity index (χ2v) is 11.6. The Morgan fingerprint density at radius 1 is 0.684 bits per heavy atom. The van der Waals surface area contributed by atoms with Gasteiger partial charge in [-0.2, -0.15) is 0 Å². The topological polar surface area (TPSA) is 52.6 Å². The molecule has 2 aliphatic carbocycles. The van der Waals surface area contributed by atoms with Crippen molar-refractivity contribution < 1.29 is 27.8 Å². The molecule has 3 rings (SSSR count). The predicted molar refractivity (Wildman–Crippen MR) is 146 cm³/mol. The van der Waals surface area contributed by atoms with Crippen molar-refractivity contribution in [2.75, 3.05) is 0 Å². The van der Waals surface area contributed by atoms with Crippen LogP contribution >= 0.6 is 0 Å². The largest absolute Gasteiger partial charge is 0.460 e. The van der Waals surface area contributed by atoms with Gasteiger partial charge < -0.3 is 9.47 Å². The molecule has 6 heteroatoms. The van der Waals surface area contributed by atoms with E-state index in [2.05, 4.69) is 24.3 Å². The number of esters is 2. The zero-order valence-corrected chi connectivity index (χ0v) is 23.5. The van der Waals surface area contributed by atoms with Crippen molar-refractivity contribution in [3.8, 4) is 0 Å². The van der Waals surface area contributed by atoms with Crippen LogP contribution in [0.1, 0.15) is 115 Å². The van der Waals surface area contributed by atoms with Crippen LogP contribution in [0.3, 0.4) is 0 Å². The number of alkyl halides is 2. The normalized spacial score (nSPS) is 25.4. The molecule has 0 amide bonds. The molecule has 214 valence electrons. The fourth-order valence-corrected chi connectivity index (χ4v) is 5.91. The first-order valence-corrected chi connectivity index (χ1v) is 15.1. The molecule has 4 nitrogen and oxygen atoms in total. The summed E-state index contributed by atoms with van der Waals surface area (Å²) >= 11 is 0. The molecule has 0 aromatic heterocycles. The minimum atomic E-state index is -1.48. The van der Waals surface area contributed by atoms with E-state index in [-0.39, 0.29) is 25.0 Å². The fourth-order valence-electron chi connectivity index (χ4n) is 5.91. The van der Waals surface area contributed by atoms with Crippen molar-refractivity contribution >= 4 is 11.9 Å². The molecule has 0 saturated heterocycles. The molecule has 2 saturated carbocycles. The fraction of sp³-hybridized carbons (Fsp3) is 0.750. The summed E-state index contributed by atoms with van der Waals surface area (Å²) in [6.07, 6.45) is 10.5. The summed E-state index contributed by atoms with van der Waals surface area (Å²) in [5.74, 6) is -0.0816. The van der Waals surface area contributed by atoms with Gasteiger partial charge in [0.05, 0.1) is 0 Å². The summed E-state index contributed by atoms with van der Waals surface area (Å²) < 4.78 is 38.2. The van der Waals surface area contributed by atoms with E-state index in [1.165, 1.54) is 11.1 Å². The molecule has 1 aromatic carbocycles. The van der Waals surface area contributed by atoms with Crippen molar-refractivity contribution in [2.24, 2.45) is 11.8 Å². The molecule has 0 bridgehead atoms. The summed E-state index contributed by atoms with van der Waals surface area (Å²) in [5.41, 5.74) is 2.72. The van der Waals surface area contributed by atoms with Gasteiger partial charge in [0.2, 0.25) is 0 Å². The summed E-state index contributed by atoms with van der Waals surface area (Å²) in [5, 5.41) is 0. The van der Waals surface area contributed by atoms with E-state index < -0.39 is 24.3 Å². The van der Waals surface area contributed by atoms with Crippen molar-refractivity contribution in [3.05, 3.63) is 35.4 Å². The summed E-state index contributed by atoms with van der Waals surface area (Å²) in [4.78, 5) is 23.6. The predicted octanol–water partition coefficient (Wildman–Crippen LogP) is 8.03. The second-order valence-electron chi connectivity index (χ2n) is 11.6. The van der Waals surface area contributed by atoms with Crippen LogP contribution in [-0.2, 0) is 31.9 Å². The van der Waals surface area contributed by atoms with E-state index in [1.54, 1.807) is 0 Å². The average molecular weight is 535 g/mol. The van der Waals surface area contributed by atoms with E-state index in [0.717, 1.165) is 77.0 Å². The third kappa shape index (κ3) is 10.3. The molecular formula is C32H48F2O4. The number of halogens is 2. The van der Waals surface area contributed by atoms with E-state index in [1.807, 2.05) is 13.8 Å². The van der Waals surface area contributed by atoms with Gasteiger partial charge >= 0.3 is 11.9 Å². The van der Waals surface area contributed by atoms with Gasteiger partial charge in [-0.3, -0.25) is 0 Å². The number of benzene rings is 1. The van der Waals surface area contributed by atoms with Crippen molar-refractivity contribution in [1.82, 2.24) is 0 Å². The van der Waals surface area contributed by atoms with E-state index in [0.29, 0.717) is 24.7 Å². The highest BCUT2D eigenvalue weighted by atomic mass is 19.1. The van der Waals surface area contributed by atoms with Crippen LogP contribution in [-0.4, -0.2) is 36.5 Å². The lowest BCUT2D eigenvalue weighted by Gasteiger charge is -2.29. The quantitative estimate of drug-likeness (QED) is 0.227. The first-order chi connectivity index (χ1) is 18.4. The van der Waals surface area contributed by atoms with Gasteiger partial charge in [-0.05, 0) is 113 Å². The molecule has 1 aromatic rings. The zero-order chi connectivity index (χ0) is 27.3. The maximum absolute atomic E-state index is 13.7. The van der Waals surface area contributed by atoms with Crippen LogP contribution in [0.5, 0.6) is 0 Å². The maximum Gasteiger partial charge on any atom is 0.340 e. The Morgan fingerprint density at radius 3 is 1.34 bits per heavy atom. The number of carbonyl (C=O) groups excluding carboxylic acids is 2. The second kappa shape index (κ2) is 16.2. The van der Waals surface area contributed by atoms with E-state index in [9.17, 15) is 18.4 Å². The van der Waals surface area contributed by atoms with Crippen LogP contribution in [0, 0.1) is 11.8 Å². The molecule has 0 heterocycles. The Bertz CT molecular complexity index is 757. The van der Waals surface area contributed by atoms with E-state index >= 15 is 0 Å². The molecule has 0 spiro atoms. The number of hydrogen-bond acceptors (Lipinski definition) is 4. The Hall–Kier alpha value is -1.98. The SMILES string of the molecule is CCC[C@@H](F)C(=O)OC1CCC(CCc2ccc(CCC3CCC(OC(=O)[C@H](F)CCC)CC3)cc2)CC1. The molecule has 2 atom stereocenters. The summed E-state index contributed by atoms with van der Waals surface area (Å²) in [6.45, 7) is 3.74. The minimum absolute atomic E-state index is 0.119. The van der Waals surface area contributed by atoms with Gasteiger partial charge in [0.1, 0.15) is 12.2 Å². The van der Waals surface area contributed by atoms with Crippen LogP contribution in [0.15, 0.2) is 24.3 Å². The van der Waals surface area contributed by atoms with Gasteiger partial charge in [0, 0.05) is 0 Å². The summed E-state index contributed by atoms with van der Waals surface area (Å²) in [7, 11) is 0.